The molecule has 0 unspecified atom stereocenters. The molecule has 0 spiro atoms. The number of carboxylic acid groups (broad SMARTS) is 1. The number of nitrogens with one attached hydrogen (secondary N) is 1. The minimum Gasteiger partial charge on any atom is -0.496 e. The van der Waals surface area contributed by atoms with Crippen molar-refractivity contribution in [3.63, 3.8) is 0 Å². The van der Waals surface area contributed by atoms with Crippen LogP contribution in [0.2, 0.25) is 0 Å². The number of carbonyl (C=O) groups is 4. The Hall–Kier alpha value is -4.21. The monoisotopic (exact) mass is 541 g/mol. The van der Waals surface area contributed by atoms with Crippen LogP contribution < -0.4 is 14.8 Å². The Labute approximate surface area is 225 Å². The molecule has 0 aromatic heterocycles. The highest BCUT2D eigenvalue weighted by Crippen LogP contribution is 2.43. The molecule has 0 aliphatic carbocycles. The predicted octanol–water partition coefficient (Wildman–Crippen LogP) is 4.56. The second kappa shape index (κ2) is 13.5. The lowest BCUT2D eigenvalue weighted by atomic mass is 9.94. The predicted molar refractivity (Wildman–Crippen MR) is 139 cm³/mol. The molecule has 1 aliphatic heterocycles. The molecule has 2 N–H and O–H groups in total. The Morgan fingerprint density at radius 1 is 1.13 bits per heavy atom. The van der Waals surface area contributed by atoms with Crippen LogP contribution >= 0.6 is 0 Å². The summed E-state index contributed by atoms with van der Waals surface area (Å²) in [7, 11) is 1.47. The molecule has 0 saturated carbocycles. The molecular weight excluding hydrogens is 509 g/mol. The maximum atomic E-state index is 13.7. The number of hydrogen-bond acceptors (Lipinski definition) is 7. The maximum Gasteiger partial charge on any atom is 0.342 e. The summed E-state index contributed by atoms with van der Waals surface area (Å²) in [4.78, 5) is 48.5. The molecule has 2 aromatic carbocycles. The molecule has 0 radical (unpaired) electrons. The molecule has 9 nitrogen and oxygen atoms in total. The fourth-order valence-electron chi connectivity index (χ4n) is 4.29. The molecule has 1 amide bonds. The van der Waals surface area contributed by atoms with E-state index < -0.39 is 23.7 Å². The molecule has 39 heavy (non-hydrogen) atoms. The van der Waals surface area contributed by atoms with Gasteiger partial charge in [0.2, 0.25) is 5.91 Å². The van der Waals surface area contributed by atoms with Gasteiger partial charge in [-0.2, -0.15) is 0 Å². The number of aliphatic carboxylic acids is 1. The third kappa shape index (κ3) is 7.66. The van der Waals surface area contributed by atoms with Crippen molar-refractivity contribution in [3.8, 4) is 11.5 Å². The van der Waals surface area contributed by atoms with E-state index in [2.05, 4.69) is 5.32 Å². The van der Waals surface area contributed by atoms with Crippen LogP contribution in [0.25, 0.3) is 0 Å². The Morgan fingerprint density at radius 2 is 1.87 bits per heavy atom. The number of rotatable bonds is 13. The molecule has 1 heterocycles. The first-order valence-electron chi connectivity index (χ1n) is 12.6. The van der Waals surface area contributed by atoms with Crippen LogP contribution in [-0.2, 0) is 38.7 Å². The van der Waals surface area contributed by atoms with Crippen molar-refractivity contribution in [2.24, 2.45) is 0 Å². The Morgan fingerprint density at radius 3 is 2.56 bits per heavy atom. The van der Waals surface area contributed by atoms with Crippen molar-refractivity contribution in [3.05, 3.63) is 69.5 Å². The number of cyclic esters (lactones) is 1. The van der Waals surface area contributed by atoms with Crippen LogP contribution in [0.15, 0.2) is 35.9 Å². The quantitative estimate of drug-likeness (QED) is 0.215. The molecule has 0 saturated heterocycles. The highest BCUT2D eigenvalue weighted by molar-refractivity contribution is 5.99. The van der Waals surface area contributed by atoms with E-state index in [4.69, 9.17) is 19.3 Å². The van der Waals surface area contributed by atoms with Gasteiger partial charge < -0.3 is 24.6 Å². The maximum absolute atomic E-state index is 13.7. The Bertz CT molecular complexity index is 1300. The van der Waals surface area contributed by atoms with Gasteiger partial charge in [0.15, 0.2) is 5.75 Å². The van der Waals surface area contributed by atoms with Crippen LogP contribution in [0, 0.1) is 12.7 Å². The number of esters is 2. The summed E-state index contributed by atoms with van der Waals surface area (Å²) in [5.41, 5.74) is 3.07. The van der Waals surface area contributed by atoms with E-state index in [0.717, 1.165) is 5.57 Å². The summed E-state index contributed by atoms with van der Waals surface area (Å²) in [6.45, 7) is 3.65. The SMILES string of the molecule is COc1c(C)c2c(c(OC(=O)CCCC(=O)NCc3ccccc3F)c1C/C=C(\C)CCC(=O)O)C(=O)OC2. The van der Waals surface area contributed by atoms with Gasteiger partial charge in [-0.3, -0.25) is 14.4 Å². The molecule has 0 atom stereocenters. The average Bonchev–Trinajstić information content (AvgIpc) is 3.29. The van der Waals surface area contributed by atoms with Crippen molar-refractivity contribution < 1.29 is 42.9 Å². The van der Waals surface area contributed by atoms with Gasteiger partial charge in [-0.25, -0.2) is 9.18 Å². The molecular formula is C29H32FNO8. The van der Waals surface area contributed by atoms with Crippen molar-refractivity contribution in [2.45, 2.75) is 65.5 Å². The van der Waals surface area contributed by atoms with Gasteiger partial charge in [0.05, 0.1) is 7.11 Å². The van der Waals surface area contributed by atoms with Gasteiger partial charge >= 0.3 is 17.9 Å². The first-order valence-corrected chi connectivity index (χ1v) is 12.6. The molecule has 208 valence electrons. The fraction of sp³-hybridized carbons (Fsp3) is 0.379. The topological polar surface area (TPSA) is 128 Å². The van der Waals surface area contributed by atoms with Gasteiger partial charge in [0.1, 0.15) is 23.7 Å². The number of benzene rings is 2. The molecule has 0 bridgehead atoms. The average molecular weight is 542 g/mol. The summed E-state index contributed by atoms with van der Waals surface area (Å²) < 4.78 is 30.2. The zero-order valence-corrected chi connectivity index (χ0v) is 22.2. The van der Waals surface area contributed by atoms with Crippen LogP contribution in [0.3, 0.4) is 0 Å². The second-order valence-corrected chi connectivity index (χ2v) is 9.24. The van der Waals surface area contributed by atoms with Crippen LogP contribution in [0.4, 0.5) is 4.39 Å². The normalized spacial score (nSPS) is 12.5. The number of methoxy groups -OCH3 is 1. The van der Waals surface area contributed by atoms with Gasteiger partial charge in [-0.05, 0) is 44.7 Å². The summed E-state index contributed by atoms with van der Waals surface area (Å²) in [6, 6.07) is 6.13. The van der Waals surface area contributed by atoms with Crippen LogP contribution in [0.5, 0.6) is 11.5 Å². The number of halogens is 1. The van der Waals surface area contributed by atoms with Crippen molar-refractivity contribution in [1.82, 2.24) is 5.32 Å². The minimum atomic E-state index is -0.910. The first-order chi connectivity index (χ1) is 18.6. The highest BCUT2D eigenvalue weighted by atomic mass is 19.1. The van der Waals surface area contributed by atoms with E-state index in [1.165, 1.54) is 13.2 Å². The third-order valence-corrected chi connectivity index (χ3v) is 6.45. The Balaban J connectivity index is 1.72. The largest absolute Gasteiger partial charge is 0.496 e. The lowest BCUT2D eigenvalue weighted by Crippen LogP contribution is -2.23. The third-order valence-electron chi connectivity index (χ3n) is 6.45. The van der Waals surface area contributed by atoms with E-state index in [1.54, 1.807) is 32.0 Å². The number of fused-ring (bicyclic) bond motifs is 1. The number of allylic oxidation sites excluding steroid dienone is 2. The summed E-state index contributed by atoms with van der Waals surface area (Å²) in [6.07, 6.45) is 2.48. The molecule has 0 fully saturated rings. The zero-order chi connectivity index (χ0) is 28.5. The summed E-state index contributed by atoms with van der Waals surface area (Å²) >= 11 is 0. The molecule has 1 aliphatic rings. The molecule has 2 aromatic rings. The second-order valence-electron chi connectivity index (χ2n) is 9.24. The van der Waals surface area contributed by atoms with Crippen molar-refractivity contribution in [1.29, 1.82) is 0 Å². The van der Waals surface area contributed by atoms with Crippen molar-refractivity contribution >= 4 is 23.8 Å². The van der Waals surface area contributed by atoms with Gasteiger partial charge in [0.25, 0.3) is 0 Å². The summed E-state index contributed by atoms with van der Waals surface area (Å²) in [5.74, 6) is -2.42. The number of carboxylic acids is 1. The standard InChI is InChI=1S/C29H32FNO8/c1-17(12-14-24(33)34)11-13-20-27(37-3)18(2)21-16-38-29(36)26(21)28(20)39-25(35)10-6-9-23(32)31-15-19-7-4-5-8-22(19)30/h4-5,7-8,11H,6,9-10,12-16H2,1-3H3,(H,31,32)(H,33,34)/b17-11+. The van der Waals surface area contributed by atoms with Crippen molar-refractivity contribution in [2.75, 3.05) is 7.11 Å². The molecule has 3 rings (SSSR count). The van der Waals surface area contributed by atoms with E-state index in [9.17, 15) is 23.6 Å². The minimum absolute atomic E-state index is 0.0231. The first kappa shape index (κ1) is 29.3. The van der Waals surface area contributed by atoms with Crippen LogP contribution in [0.1, 0.15) is 71.6 Å². The lowest BCUT2D eigenvalue weighted by Gasteiger charge is -2.19. The fourth-order valence-corrected chi connectivity index (χ4v) is 4.29. The van der Waals surface area contributed by atoms with Gasteiger partial charge in [0, 0.05) is 42.5 Å². The summed E-state index contributed by atoms with van der Waals surface area (Å²) in [5, 5.41) is 11.6. The van der Waals surface area contributed by atoms with Crippen LogP contribution in [-0.4, -0.2) is 36.0 Å². The number of ether oxygens (including phenoxy) is 3. The lowest BCUT2D eigenvalue weighted by molar-refractivity contribution is -0.137. The van der Waals surface area contributed by atoms with E-state index in [1.807, 2.05) is 6.08 Å². The van der Waals surface area contributed by atoms with Gasteiger partial charge in [-0.15, -0.1) is 0 Å². The number of amides is 1. The molecule has 10 heteroatoms. The zero-order valence-electron chi connectivity index (χ0n) is 22.2. The van der Waals surface area contributed by atoms with Gasteiger partial charge in [-0.1, -0.05) is 29.8 Å². The van der Waals surface area contributed by atoms with E-state index >= 15 is 0 Å². The smallest absolute Gasteiger partial charge is 0.342 e. The van der Waals surface area contributed by atoms with E-state index in [-0.39, 0.29) is 62.5 Å². The highest BCUT2D eigenvalue weighted by Gasteiger charge is 2.34. The Kier molecular flexibility index (Phi) is 10.2. The van der Waals surface area contributed by atoms with E-state index in [0.29, 0.717) is 34.4 Å². The number of carbonyl (C=O) groups excluding carboxylic acids is 3. The number of hydrogen-bond donors (Lipinski definition) is 2.